The molecule has 1 heterocycles. The van der Waals surface area contributed by atoms with E-state index in [0.29, 0.717) is 17.9 Å². The van der Waals surface area contributed by atoms with E-state index in [9.17, 15) is 4.79 Å². The van der Waals surface area contributed by atoms with Crippen molar-refractivity contribution in [2.75, 3.05) is 57.7 Å². The van der Waals surface area contributed by atoms with E-state index in [1.807, 2.05) is 36.4 Å². The number of carbonyl (C=O) groups is 1. The van der Waals surface area contributed by atoms with Gasteiger partial charge in [-0.3, -0.25) is 4.79 Å². The van der Waals surface area contributed by atoms with Crippen LogP contribution in [0, 0.1) is 0 Å². The van der Waals surface area contributed by atoms with Gasteiger partial charge in [-0.2, -0.15) is 0 Å². The zero-order chi connectivity index (χ0) is 20.8. The molecule has 1 aliphatic rings. The Bertz CT molecular complexity index is 851. The number of benzene rings is 2. The van der Waals surface area contributed by atoms with Crippen LogP contribution in [0.4, 0.5) is 11.4 Å². The average molecular weight is 418 g/mol. The number of ether oxygens (including phenoxy) is 2. The summed E-state index contributed by atoms with van der Waals surface area (Å²) in [5.74, 6) is 1.43. The molecule has 29 heavy (non-hydrogen) atoms. The van der Waals surface area contributed by atoms with Crippen LogP contribution in [-0.2, 0) is 11.2 Å². The summed E-state index contributed by atoms with van der Waals surface area (Å²) in [5, 5.41) is 3.65. The van der Waals surface area contributed by atoms with Gasteiger partial charge in [-0.25, -0.2) is 0 Å². The van der Waals surface area contributed by atoms with Crippen LogP contribution in [0.1, 0.15) is 12.0 Å². The Kier molecular flexibility index (Phi) is 7.23. The Morgan fingerprint density at radius 1 is 1.07 bits per heavy atom. The van der Waals surface area contributed by atoms with Crippen LogP contribution < -0.4 is 19.7 Å². The third kappa shape index (κ3) is 5.55. The number of likely N-dealkylation sites (N-methyl/N-ethyl adjacent to an activating group) is 1. The highest BCUT2D eigenvalue weighted by Gasteiger charge is 2.18. The predicted octanol–water partition coefficient (Wildman–Crippen LogP) is 3.68. The summed E-state index contributed by atoms with van der Waals surface area (Å²) in [6.45, 7) is 3.82. The maximum Gasteiger partial charge on any atom is 0.224 e. The second kappa shape index (κ2) is 9.85. The lowest BCUT2D eigenvalue weighted by molar-refractivity contribution is -0.116. The molecule has 0 saturated carbocycles. The number of hydrogen-bond donors (Lipinski definition) is 1. The van der Waals surface area contributed by atoms with Gasteiger partial charge in [0, 0.05) is 37.6 Å². The van der Waals surface area contributed by atoms with Crippen LogP contribution >= 0.6 is 11.6 Å². The molecule has 1 amide bonds. The number of aryl methyl sites for hydroxylation is 1. The maximum atomic E-state index is 12.7. The summed E-state index contributed by atoms with van der Waals surface area (Å²) in [6.07, 6.45) is 0.884. The zero-order valence-corrected chi connectivity index (χ0v) is 18.0. The van der Waals surface area contributed by atoms with E-state index in [1.165, 1.54) is 0 Å². The van der Waals surface area contributed by atoms with Crippen LogP contribution in [0.25, 0.3) is 0 Å². The van der Waals surface area contributed by atoms with Crippen LogP contribution in [-0.4, -0.2) is 58.3 Å². The zero-order valence-electron chi connectivity index (χ0n) is 17.2. The SMILES string of the molecule is COc1ccc(OC)c(CCC(=O)Nc2cc(Cl)ccc2N2CCN(C)CC2)c1. The minimum atomic E-state index is -0.0625. The number of piperazine rings is 1. The molecular formula is C22H28ClN3O3. The molecule has 0 radical (unpaired) electrons. The maximum absolute atomic E-state index is 12.7. The first-order chi connectivity index (χ1) is 14.0. The third-order valence-corrected chi connectivity index (χ3v) is 5.42. The number of rotatable bonds is 7. The largest absolute Gasteiger partial charge is 0.497 e. The van der Waals surface area contributed by atoms with Crippen molar-refractivity contribution in [2.45, 2.75) is 12.8 Å². The summed E-state index contributed by atoms with van der Waals surface area (Å²) in [6, 6.07) is 11.3. The Hall–Kier alpha value is -2.44. The van der Waals surface area contributed by atoms with Gasteiger partial charge >= 0.3 is 0 Å². The minimum Gasteiger partial charge on any atom is -0.497 e. The molecule has 0 aliphatic carbocycles. The molecule has 0 spiro atoms. The number of halogens is 1. The van der Waals surface area contributed by atoms with Gasteiger partial charge < -0.3 is 24.6 Å². The topological polar surface area (TPSA) is 54.0 Å². The number of nitrogens with one attached hydrogen (secondary N) is 1. The summed E-state index contributed by atoms with van der Waals surface area (Å²) in [5.41, 5.74) is 2.70. The number of carbonyl (C=O) groups excluding carboxylic acids is 1. The van der Waals surface area contributed by atoms with Gasteiger partial charge in [0.2, 0.25) is 5.91 Å². The van der Waals surface area contributed by atoms with Gasteiger partial charge in [0.05, 0.1) is 25.6 Å². The highest BCUT2D eigenvalue weighted by Crippen LogP contribution is 2.30. The lowest BCUT2D eigenvalue weighted by atomic mass is 10.1. The molecule has 0 unspecified atom stereocenters. The number of amides is 1. The van der Waals surface area contributed by atoms with Crippen LogP contribution in [0.5, 0.6) is 11.5 Å². The fourth-order valence-electron chi connectivity index (χ4n) is 3.47. The number of hydrogen-bond acceptors (Lipinski definition) is 5. The van der Waals surface area contributed by atoms with E-state index in [0.717, 1.165) is 54.6 Å². The smallest absolute Gasteiger partial charge is 0.224 e. The van der Waals surface area contributed by atoms with Crippen molar-refractivity contribution in [3.05, 3.63) is 47.0 Å². The monoisotopic (exact) mass is 417 g/mol. The molecule has 1 fully saturated rings. The summed E-state index contributed by atoms with van der Waals surface area (Å²) in [7, 11) is 5.37. The van der Waals surface area contributed by atoms with E-state index < -0.39 is 0 Å². The second-order valence-corrected chi connectivity index (χ2v) is 7.61. The normalized spacial score (nSPS) is 14.6. The van der Waals surface area contributed by atoms with E-state index in [4.69, 9.17) is 21.1 Å². The molecule has 0 bridgehead atoms. The lowest BCUT2D eigenvalue weighted by Gasteiger charge is -2.35. The third-order valence-electron chi connectivity index (χ3n) is 5.19. The van der Waals surface area contributed by atoms with Crippen LogP contribution in [0.3, 0.4) is 0 Å². The van der Waals surface area contributed by atoms with Crippen molar-refractivity contribution in [1.82, 2.24) is 4.90 Å². The molecule has 0 aromatic heterocycles. The van der Waals surface area contributed by atoms with Crippen molar-refractivity contribution in [3.8, 4) is 11.5 Å². The minimum absolute atomic E-state index is 0.0625. The molecule has 1 N–H and O–H groups in total. The Morgan fingerprint density at radius 2 is 1.83 bits per heavy atom. The van der Waals surface area contributed by atoms with Gasteiger partial charge in [0.1, 0.15) is 11.5 Å². The highest BCUT2D eigenvalue weighted by atomic mass is 35.5. The number of nitrogens with zero attached hydrogens (tertiary/aromatic N) is 2. The van der Waals surface area contributed by atoms with Crippen molar-refractivity contribution in [3.63, 3.8) is 0 Å². The van der Waals surface area contributed by atoms with Crippen molar-refractivity contribution in [2.24, 2.45) is 0 Å². The highest BCUT2D eigenvalue weighted by molar-refractivity contribution is 6.31. The van der Waals surface area contributed by atoms with Crippen LogP contribution in [0.2, 0.25) is 5.02 Å². The van der Waals surface area contributed by atoms with E-state index >= 15 is 0 Å². The fourth-order valence-corrected chi connectivity index (χ4v) is 3.64. The average Bonchev–Trinajstić information content (AvgIpc) is 2.73. The number of anilines is 2. The van der Waals surface area contributed by atoms with Gasteiger partial charge in [-0.15, -0.1) is 0 Å². The Labute approximate surface area is 177 Å². The van der Waals surface area contributed by atoms with Crippen molar-refractivity contribution < 1.29 is 14.3 Å². The first-order valence-electron chi connectivity index (χ1n) is 9.74. The van der Waals surface area contributed by atoms with E-state index in [-0.39, 0.29) is 5.91 Å². The molecule has 1 saturated heterocycles. The van der Waals surface area contributed by atoms with Gasteiger partial charge in [0.25, 0.3) is 0 Å². The molecule has 156 valence electrons. The van der Waals surface area contributed by atoms with E-state index in [1.54, 1.807) is 14.2 Å². The number of methoxy groups -OCH3 is 2. The van der Waals surface area contributed by atoms with Gasteiger partial charge in [0.15, 0.2) is 0 Å². The first-order valence-corrected chi connectivity index (χ1v) is 10.1. The van der Waals surface area contributed by atoms with Crippen LogP contribution in [0.15, 0.2) is 36.4 Å². The van der Waals surface area contributed by atoms with Crippen molar-refractivity contribution >= 4 is 28.9 Å². The quantitative estimate of drug-likeness (QED) is 0.744. The predicted molar refractivity (Wildman–Crippen MR) is 118 cm³/mol. The fraction of sp³-hybridized carbons (Fsp3) is 0.409. The standard InChI is InChI=1S/C22H28ClN3O3/c1-25-10-12-26(13-11-25)20-7-5-17(23)15-19(20)24-22(27)9-4-16-14-18(28-2)6-8-21(16)29-3/h5-8,14-15H,4,9-13H2,1-3H3,(H,24,27). The molecule has 2 aromatic carbocycles. The molecule has 1 aliphatic heterocycles. The Balaban J connectivity index is 1.69. The molecule has 3 rings (SSSR count). The first kappa shape index (κ1) is 21.3. The lowest BCUT2D eigenvalue weighted by Crippen LogP contribution is -2.44. The van der Waals surface area contributed by atoms with E-state index in [2.05, 4.69) is 22.2 Å². The molecule has 2 aromatic rings. The van der Waals surface area contributed by atoms with Gasteiger partial charge in [-0.1, -0.05) is 11.6 Å². The summed E-state index contributed by atoms with van der Waals surface area (Å²) >= 11 is 6.20. The molecular weight excluding hydrogens is 390 g/mol. The molecule has 7 heteroatoms. The Morgan fingerprint density at radius 3 is 2.52 bits per heavy atom. The molecule has 0 atom stereocenters. The molecule has 6 nitrogen and oxygen atoms in total. The van der Waals surface area contributed by atoms with Gasteiger partial charge in [-0.05, 0) is 55.4 Å². The second-order valence-electron chi connectivity index (χ2n) is 7.18. The summed E-state index contributed by atoms with van der Waals surface area (Å²) in [4.78, 5) is 17.3. The summed E-state index contributed by atoms with van der Waals surface area (Å²) < 4.78 is 10.7. The van der Waals surface area contributed by atoms with Crippen molar-refractivity contribution in [1.29, 1.82) is 0 Å².